The second-order valence-electron chi connectivity index (χ2n) is 9.35. The number of ether oxygens (including phenoxy) is 1. The van der Waals surface area contributed by atoms with Gasteiger partial charge in [0.05, 0.1) is 29.6 Å². The van der Waals surface area contributed by atoms with Gasteiger partial charge in [-0.2, -0.15) is 0 Å². The van der Waals surface area contributed by atoms with Crippen molar-refractivity contribution in [1.82, 2.24) is 4.90 Å². The van der Waals surface area contributed by atoms with E-state index in [2.05, 4.69) is 5.32 Å². The molecule has 2 aromatic rings. The molecule has 6 rings (SSSR count). The first-order chi connectivity index (χ1) is 16.7. The maximum atomic E-state index is 14.1. The molecule has 2 aromatic carbocycles. The minimum Gasteiger partial charge on any atom is -0.495 e. The Morgan fingerprint density at radius 2 is 1.97 bits per heavy atom. The van der Waals surface area contributed by atoms with Crippen molar-refractivity contribution < 1.29 is 24.0 Å². The highest BCUT2D eigenvalue weighted by Gasteiger charge is 2.75. The van der Waals surface area contributed by atoms with E-state index in [0.717, 1.165) is 11.3 Å². The van der Waals surface area contributed by atoms with E-state index >= 15 is 0 Å². The Bertz CT molecular complexity index is 1360. The molecule has 3 saturated heterocycles. The number of hydrogen-bond donors (Lipinski definition) is 1. The lowest BCUT2D eigenvalue weighted by molar-refractivity contribution is -0.384. The number of hydrogen-bond acceptors (Lipinski definition) is 7. The first-order valence-corrected chi connectivity index (χ1v) is 11.7. The quantitative estimate of drug-likeness (QED) is 0.393. The topological polar surface area (TPSA) is 122 Å². The minimum absolute atomic E-state index is 0.0108. The van der Waals surface area contributed by atoms with E-state index < -0.39 is 34.1 Å². The van der Waals surface area contributed by atoms with Gasteiger partial charge in [-0.1, -0.05) is 17.7 Å². The van der Waals surface area contributed by atoms with Crippen molar-refractivity contribution in [3.63, 3.8) is 0 Å². The van der Waals surface area contributed by atoms with Crippen LogP contribution in [0.1, 0.15) is 24.0 Å². The van der Waals surface area contributed by atoms with E-state index in [1.165, 1.54) is 25.3 Å². The summed E-state index contributed by atoms with van der Waals surface area (Å²) in [6, 6.07) is 6.94. The first-order valence-electron chi connectivity index (χ1n) is 11.3. The third-order valence-corrected chi connectivity index (χ3v) is 8.39. The number of halogens is 1. The van der Waals surface area contributed by atoms with E-state index in [4.69, 9.17) is 16.3 Å². The Morgan fingerprint density at radius 1 is 1.20 bits per heavy atom. The van der Waals surface area contributed by atoms with Gasteiger partial charge < -0.3 is 10.1 Å². The van der Waals surface area contributed by atoms with Crippen LogP contribution in [0.5, 0.6) is 5.75 Å². The van der Waals surface area contributed by atoms with Crippen LogP contribution in [0.15, 0.2) is 30.3 Å². The van der Waals surface area contributed by atoms with Crippen LogP contribution in [0.4, 0.5) is 17.1 Å². The zero-order valence-electron chi connectivity index (χ0n) is 18.9. The molecule has 4 aliphatic heterocycles. The highest BCUT2D eigenvalue weighted by molar-refractivity contribution is 6.32. The van der Waals surface area contributed by atoms with Crippen molar-refractivity contribution in [3.05, 3.63) is 56.6 Å². The third kappa shape index (κ3) is 2.55. The van der Waals surface area contributed by atoms with Gasteiger partial charge in [-0.15, -0.1) is 0 Å². The van der Waals surface area contributed by atoms with Crippen molar-refractivity contribution in [3.8, 4) is 5.75 Å². The number of anilines is 2. The maximum Gasteiger partial charge on any atom is 0.271 e. The van der Waals surface area contributed by atoms with Crippen molar-refractivity contribution in [1.29, 1.82) is 0 Å². The molecular formula is C24H21ClN4O6. The minimum atomic E-state index is -1.36. The number of fused-ring (bicyclic) bond motifs is 7. The van der Waals surface area contributed by atoms with Gasteiger partial charge in [0, 0.05) is 28.8 Å². The normalized spacial score (nSPS) is 28.9. The summed E-state index contributed by atoms with van der Waals surface area (Å²) in [5.41, 5.74) is 0.286. The van der Waals surface area contributed by atoms with Crippen molar-refractivity contribution in [2.24, 2.45) is 11.8 Å². The summed E-state index contributed by atoms with van der Waals surface area (Å²) < 4.78 is 5.35. The molecule has 11 heteroatoms. The Labute approximate surface area is 204 Å². The SMILES string of the molecule is COc1ccc([N+](=O)[O-])cc1N1C(=O)C2C3CCCN3C3(C(=O)Nc4c3ccc(Cl)c4C)C2C1=O. The fourth-order valence-corrected chi connectivity index (χ4v) is 6.75. The molecular weight excluding hydrogens is 476 g/mol. The average molecular weight is 497 g/mol. The number of carbonyl (C=O) groups is 3. The molecule has 3 amide bonds. The number of benzene rings is 2. The van der Waals surface area contributed by atoms with Crippen LogP contribution in [0, 0.1) is 28.9 Å². The number of non-ortho nitro benzene ring substituents is 1. The lowest BCUT2D eigenvalue weighted by atomic mass is 9.75. The number of nitro benzene ring substituents is 1. The molecule has 0 aliphatic carbocycles. The standard InChI is InChI=1S/C24H21ClN4O6/c1-11-14(25)7-6-13-20(11)26-23(32)24(13)19-18(15-4-3-9-27(15)24)21(30)28(22(19)31)16-10-12(29(33)34)5-8-17(16)35-2/h5-8,10,15,18-19H,3-4,9H2,1-2H3,(H,26,32). The van der Waals surface area contributed by atoms with Gasteiger partial charge in [-0.25, -0.2) is 4.90 Å². The van der Waals surface area contributed by atoms with E-state index in [1.54, 1.807) is 19.1 Å². The van der Waals surface area contributed by atoms with Crippen LogP contribution in [-0.4, -0.2) is 47.2 Å². The van der Waals surface area contributed by atoms with Gasteiger partial charge >= 0.3 is 0 Å². The maximum absolute atomic E-state index is 14.1. The Morgan fingerprint density at radius 3 is 2.69 bits per heavy atom. The number of imide groups is 1. The second-order valence-corrected chi connectivity index (χ2v) is 9.75. The molecule has 4 atom stereocenters. The van der Waals surface area contributed by atoms with Crippen LogP contribution in [0.25, 0.3) is 0 Å². The molecule has 0 bridgehead atoms. The highest BCUT2D eigenvalue weighted by Crippen LogP contribution is 2.61. The zero-order valence-corrected chi connectivity index (χ0v) is 19.7. The summed E-state index contributed by atoms with van der Waals surface area (Å²) in [5, 5.41) is 14.9. The number of methoxy groups -OCH3 is 1. The molecule has 0 aromatic heterocycles. The largest absolute Gasteiger partial charge is 0.495 e. The number of nitro groups is 1. The van der Waals surface area contributed by atoms with Gasteiger partial charge in [0.15, 0.2) is 0 Å². The number of carbonyl (C=O) groups excluding carboxylic acids is 3. The molecule has 180 valence electrons. The average Bonchev–Trinajstić information content (AvgIpc) is 3.54. The summed E-state index contributed by atoms with van der Waals surface area (Å²) in [6.45, 7) is 2.38. The predicted octanol–water partition coefficient (Wildman–Crippen LogP) is 3.00. The fourth-order valence-electron chi connectivity index (χ4n) is 6.59. The third-order valence-electron chi connectivity index (χ3n) is 7.98. The van der Waals surface area contributed by atoms with Gasteiger partial charge in [-0.05, 0) is 44.0 Å². The molecule has 4 unspecified atom stereocenters. The summed E-state index contributed by atoms with van der Waals surface area (Å²) >= 11 is 6.32. The molecule has 4 aliphatic rings. The lowest BCUT2D eigenvalue weighted by Crippen LogP contribution is -2.54. The summed E-state index contributed by atoms with van der Waals surface area (Å²) in [5.74, 6) is -2.98. The summed E-state index contributed by atoms with van der Waals surface area (Å²) in [6.07, 6.45) is 1.45. The van der Waals surface area contributed by atoms with Crippen LogP contribution >= 0.6 is 11.6 Å². The van der Waals surface area contributed by atoms with Gasteiger partial charge in [0.2, 0.25) is 17.7 Å². The number of amides is 3. The highest BCUT2D eigenvalue weighted by atomic mass is 35.5. The molecule has 3 fully saturated rings. The number of nitrogens with zero attached hydrogens (tertiary/aromatic N) is 3. The van der Waals surface area contributed by atoms with Crippen LogP contribution in [0.3, 0.4) is 0 Å². The Balaban J connectivity index is 1.56. The fraction of sp³-hybridized carbons (Fsp3) is 0.375. The van der Waals surface area contributed by atoms with Crippen LogP contribution in [-0.2, 0) is 19.9 Å². The van der Waals surface area contributed by atoms with Gasteiger partial charge in [0.25, 0.3) is 5.69 Å². The molecule has 35 heavy (non-hydrogen) atoms. The first kappa shape index (κ1) is 22.0. The molecule has 1 N–H and O–H groups in total. The Hall–Kier alpha value is -3.50. The molecule has 1 spiro atoms. The number of rotatable bonds is 3. The molecule has 0 radical (unpaired) electrons. The molecule has 10 nitrogen and oxygen atoms in total. The van der Waals surface area contributed by atoms with E-state index in [1.807, 2.05) is 4.90 Å². The van der Waals surface area contributed by atoms with Gasteiger partial charge in [-0.3, -0.25) is 29.4 Å². The van der Waals surface area contributed by atoms with E-state index in [0.29, 0.717) is 34.8 Å². The van der Waals surface area contributed by atoms with E-state index in [9.17, 15) is 24.5 Å². The summed E-state index contributed by atoms with van der Waals surface area (Å²) in [4.78, 5) is 55.6. The van der Waals surface area contributed by atoms with E-state index in [-0.39, 0.29) is 29.1 Å². The zero-order chi connectivity index (χ0) is 24.8. The molecule has 0 saturated carbocycles. The van der Waals surface area contributed by atoms with Gasteiger partial charge in [0.1, 0.15) is 17.0 Å². The van der Waals surface area contributed by atoms with Crippen LogP contribution < -0.4 is 15.0 Å². The van der Waals surface area contributed by atoms with Crippen molar-refractivity contribution in [2.75, 3.05) is 23.9 Å². The van der Waals surface area contributed by atoms with Crippen molar-refractivity contribution >= 4 is 46.4 Å². The smallest absolute Gasteiger partial charge is 0.271 e. The number of nitrogens with one attached hydrogen (secondary N) is 1. The Kier molecular flexibility index (Phi) is 4.56. The van der Waals surface area contributed by atoms with Crippen molar-refractivity contribution in [2.45, 2.75) is 31.3 Å². The van der Waals surface area contributed by atoms with Crippen LogP contribution in [0.2, 0.25) is 5.02 Å². The monoisotopic (exact) mass is 496 g/mol. The predicted molar refractivity (Wildman–Crippen MR) is 125 cm³/mol. The molecule has 4 heterocycles. The second kappa shape index (κ2) is 7.25. The lowest BCUT2D eigenvalue weighted by Gasteiger charge is -2.36. The summed E-state index contributed by atoms with van der Waals surface area (Å²) in [7, 11) is 1.36.